The number of carbonyl (C=O) groups is 1. The summed E-state index contributed by atoms with van der Waals surface area (Å²) in [6, 6.07) is 9.62. The molecule has 2 heterocycles. The molecule has 134 valence electrons. The van der Waals surface area contributed by atoms with E-state index < -0.39 is 0 Å². The van der Waals surface area contributed by atoms with Crippen molar-refractivity contribution in [3.8, 4) is 5.75 Å². The van der Waals surface area contributed by atoms with Crippen LogP contribution in [0.2, 0.25) is 0 Å². The number of amides is 1. The fourth-order valence-electron chi connectivity index (χ4n) is 3.44. The quantitative estimate of drug-likeness (QED) is 0.703. The molecule has 1 amide bonds. The second-order valence-electron chi connectivity index (χ2n) is 6.77. The van der Waals surface area contributed by atoms with Gasteiger partial charge in [0.05, 0.1) is 0 Å². The molecule has 1 aromatic carbocycles. The Morgan fingerprint density at radius 3 is 3.00 bits per heavy atom. The zero-order valence-corrected chi connectivity index (χ0v) is 14.9. The molecule has 0 fully saturated rings. The van der Waals surface area contributed by atoms with Gasteiger partial charge in [0.25, 0.3) is 5.91 Å². The number of benzene rings is 1. The summed E-state index contributed by atoms with van der Waals surface area (Å²) in [5.74, 6) is 1.74. The van der Waals surface area contributed by atoms with Crippen LogP contribution in [0.3, 0.4) is 0 Å². The lowest BCUT2D eigenvalue weighted by Crippen LogP contribution is -2.30. The zero-order chi connectivity index (χ0) is 17.9. The smallest absolute Gasteiger partial charge is 0.260 e. The molecule has 0 saturated heterocycles. The molecular weight excluding hydrogens is 328 g/mol. The maximum absolute atomic E-state index is 12.3. The highest BCUT2D eigenvalue weighted by atomic mass is 16.5. The number of ether oxygens (including phenoxy) is 1. The molecular formula is C21H22N2O3. The van der Waals surface area contributed by atoms with Crippen molar-refractivity contribution < 1.29 is 13.9 Å². The van der Waals surface area contributed by atoms with Crippen LogP contribution in [0.25, 0.3) is 11.0 Å². The third kappa shape index (κ3) is 3.43. The number of rotatable bonds is 5. The minimum Gasteiger partial charge on any atom is -0.484 e. The minimum absolute atomic E-state index is 0.0162. The van der Waals surface area contributed by atoms with Crippen molar-refractivity contribution >= 4 is 16.9 Å². The zero-order valence-electron chi connectivity index (χ0n) is 14.9. The van der Waals surface area contributed by atoms with Gasteiger partial charge >= 0.3 is 0 Å². The summed E-state index contributed by atoms with van der Waals surface area (Å²) >= 11 is 0. The monoisotopic (exact) mass is 350 g/mol. The molecule has 1 aliphatic carbocycles. The minimum atomic E-state index is -0.0665. The number of carbonyl (C=O) groups excluding carboxylic acids is 1. The molecule has 0 radical (unpaired) electrons. The van der Waals surface area contributed by atoms with Crippen molar-refractivity contribution in [1.82, 2.24) is 9.88 Å². The summed E-state index contributed by atoms with van der Waals surface area (Å²) in [5, 5.41) is 1.12. The first kappa shape index (κ1) is 16.6. The van der Waals surface area contributed by atoms with Gasteiger partial charge in [-0.15, -0.1) is 0 Å². The number of hydrogen-bond acceptors (Lipinski definition) is 4. The lowest BCUT2D eigenvalue weighted by molar-refractivity contribution is -0.132. The molecule has 0 bridgehead atoms. The van der Waals surface area contributed by atoms with Gasteiger partial charge in [0.1, 0.15) is 17.1 Å². The second kappa shape index (κ2) is 7.20. The highest BCUT2D eigenvalue weighted by Gasteiger charge is 2.18. The Morgan fingerprint density at radius 2 is 2.15 bits per heavy atom. The lowest BCUT2D eigenvalue weighted by atomic mass is 9.96. The Morgan fingerprint density at radius 1 is 1.27 bits per heavy atom. The van der Waals surface area contributed by atoms with E-state index in [0.29, 0.717) is 12.3 Å². The predicted octanol–water partition coefficient (Wildman–Crippen LogP) is 3.74. The molecule has 5 nitrogen and oxygen atoms in total. The number of nitrogens with zero attached hydrogens (tertiary/aromatic N) is 2. The van der Waals surface area contributed by atoms with Gasteiger partial charge in [0.15, 0.2) is 6.61 Å². The summed E-state index contributed by atoms with van der Waals surface area (Å²) < 4.78 is 11.7. The van der Waals surface area contributed by atoms with Crippen molar-refractivity contribution in [2.75, 3.05) is 13.7 Å². The summed E-state index contributed by atoms with van der Waals surface area (Å²) in [4.78, 5) is 18.0. The number of aryl methyl sites for hydroxylation is 2. The molecule has 0 aliphatic heterocycles. The Balaban J connectivity index is 1.41. The summed E-state index contributed by atoms with van der Waals surface area (Å²) in [5.41, 5.74) is 3.20. The standard InChI is InChI=1S/C21H22N2O3/c1-23(13-15-5-4-10-22-12-15)21(24)14-25-16-8-9-20-18(11-16)17-6-2-3-7-19(17)26-20/h4-5,8-12H,2-3,6-7,13-14H2,1H3. The van der Waals surface area contributed by atoms with Crippen LogP contribution in [0.15, 0.2) is 47.1 Å². The van der Waals surface area contributed by atoms with Crippen molar-refractivity contribution in [1.29, 1.82) is 0 Å². The number of aromatic nitrogens is 1. The van der Waals surface area contributed by atoms with Gasteiger partial charge in [-0.25, -0.2) is 0 Å². The number of pyridine rings is 1. The molecule has 0 spiro atoms. The molecule has 1 aliphatic rings. The largest absolute Gasteiger partial charge is 0.484 e. The van der Waals surface area contributed by atoms with Crippen molar-refractivity contribution in [3.63, 3.8) is 0 Å². The SMILES string of the molecule is CN(Cc1cccnc1)C(=O)COc1ccc2oc3c(c2c1)CCCC3. The van der Waals surface area contributed by atoms with Crippen LogP contribution in [-0.2, 0) is 24.2 Å². The van der Waals surface area contributed by atoms with E-state index in [2.05, 4.69) is 4.98 Å². The highest BCUT2D eigenvalue weighted by Crippen LogP contribution is 2.33. The Labute approximate surface area is 152 Å². The van der Waals surface area contributed by atoms with Crippen LogP contribution >= 0.6 is 0 Å². The Hall–Kier alpha value is -2.82. The normalized spacial score (nSPS) is 13.4. The van der Waals surface area contributed by atoms with Crippen molar-refractivity contribution in [2.45, 2.75) is 32.2 Å². The van der Waals surface area contributed by atoms with Gasteiger partial charge in [-0.2, -0.15) is 0 Å². The van der Waals surface area contributed by atoms with Crippen LogP contribution in [0.5, 0.6) is 5.75 Å². The van der Waals surface area contributed by atoms with E-state index >= 15 is 0 Å². The third-order valence-electron chi connectivity index (χ3n) is 4.86. The Bertz CT molecular complexity index is 918. The van der Waals surface area contributed by atoms with Crippen LogP contribution in [-0.4, -0.2) is 29.4 Å². The van der Waals surface area contributed by atoms with Crippen molar-refractivity contribution in [2.24, 2.45) is 0 Å². The number of fused-ring (bicyclic) bond motifs is 3. The number of hydrogen-bond donors (Lipinski definition) is 0. The molecule has 0 N–H and O–H groups in total. The fraction of sp³-hybridized carbons (Fsp3) is 0.333. The molecule has 0 saturated carbocycles. The van der Waals surface area contributed by atoms with Crippen LogP contribution in [0.4, 0.5) is 0 Å². The topological polar surface area (TPSA) is 55.6 Å². The summed E-state index contributed by atoms with van der Waals surface area (Å²) in [6.07, 6.45) is 7.94. The van der Waals surface area contributed by atoms with Crippen molar-refractivity contribution in [3.05, 3.63) is 59.6 Å². The lowest BCUT2D eigenvalue weighted by Gasteiger charge is -2.17. The van der Waals surface area contributed by atoms with Gasteiger partial charge in [-0.1, -0.05) is 6.07 Å². The summed E-state index contributed by atoms with van der Waals surface area (Å²) in [6.45, 7) is 0.534. The first-order valence-electron chi connectivity index (χ1n) is 9.00. The highest BCUT2D eigenvalue weighted by molar-refractivity contribution is 5.84. The van der Waals surface area contributed by atoms with E-state index in [1.807, 2.05) is 30.3 Å². The van der Waals surface area contributed by atoms with E-state index in [1.54, 1.807) is 24.3 Å². The van der Waals surface area contributed by atoms with Gasteiger partial charge in [-0.05, 0) is 49.1 Å². The predicted molar refractivity (Wildman–Crippen MR) is 99.1 cm³/mol. The van der Waals surface area contributed by atoms with Crippen LogP contribution < -0.4 is 4.74 Å². The average Bonchev–Trinajstić information content (AvgIpc) is 3.05. The summed E-state index contributed by atoms with van der Waals surface area (Å²) in [7, 11) is 1.77. The van der Waals surface area contributed by atoms with E-state index in [0.717, 1.165) is 35.1 Å². The van der Waals surface area contributed by atoms with Gasteiger partial charge < -0.3 is 14.1 Å². The Kier molecular flexibility index (Phi) is 4.61. The van der Waals surface area contributed by atoms with Crippen LogP contribution in [0.1, 0.15) is 29.7 Å². The van der Waals surface area contributed by atoms with Crippen LogP contribution in [0, 0.1) is 0 Å². The molecule has 5 heteroatoms. The van der Waals surface area contributed by atoms with Gasteiger partial charge in [0, 0.05) is 43.4 Å². The van der Waals surface area contributed by atoms with E-state index in [1.165, 1.54) is 18.4 Å². The maximum Gasteiger partial charge on any atom is 0.260 e. The molecule has 2 aromatic heterocycles. The third-order valence-corrected chi connectivity index (χ3v) is 4.86. The van der Waals surface area contributed by atoms with E-state index in [-0.39, 0.29) is 12.5 Å². The molecule has 0 atom stereocenters. The van der Waals surface area contributed by atoms with E-state index in [4.69, 9.17) is 9.15 Å². The van der Waals surface area contributed by atoms with Gasteiger partial charge in [0.2, 0.25) is 0 Å². The maximum atomic E-state index is 12.3. The number of likely N-dealkylation sites (N-methyl/N-ethyl adjacent to an activating group) is 1. The average molecular weight is 350 g/mol. The molecule has 4 rings (SSSR count). The first-order valence-corrected chi connectivity index (χ1v) is 9.00. The number of furan rings is 1. The molecule has 0 unspecified atom stereocenters. The fourth-order valence-corrected chi connectivity index (χ4v) is 3.44. The first-order chi connectivity index (χ1) is 12.7. The molecule has 26 heavy (non-hydrogen) atoms. The second-order valence-corrected chi connectivity index (χ2v) is 6.77. The van der Waals surface area contributed by atoms with Gasteiger partial charge in [-0.3, -0.25) is 9.78 Å². The van der Waals surface area contributed by atoms with E-state index in [9.17, 15) is 4.79 Å². The molecule has 3 aromatic rings.